The first-order chi connectivity index (χ1) is 8.48. The topological polar surface area (TPSA) is 137 Å². The number of hydrogen-bond donors (Lipinski definition) is 5. The lowest BCUT2D eigenvalue weighted by molar-refractivity contribution is -0.449. The molecule has 1 aliphatic rings. The molecule has 102 valence electrons. The molecule has 5 atom stereocenters. The molecule has 0 bridgehead atoms. The summed E-state index contributed by atoms with van der Waals surface area (Å²) in [5, 5.41) is 51.2. The molecule has 2 rings (SSSR count). The smallest absolute Gasteiger partial charge is 0.377 e. The Morgan fingerprint density at radius 1 is 1.33 bits per heavy atom. The van der Waals surface area contributed by atoms with Gasteiger partial charge in [-0.15, -0.1) is 9.94 Å². The van der Waals surface area contributed by atoms with Crippen molar-refractivity contribution in [1.82, 2.24) is 9.94 Å². The second-order valence-corrected chi connectivity index (χ2v) is 3.90. The van der Waals surface area contributed by atoms with E-state index >= 15 is 0 Å². The highest BCUT2D eigenvalue weighted by molar-refractivity contribution is 4.92. The van der Waals surface area contributed by atoms with Crippen LogP contribution in [0.2, 0.25) is 0 Å². The number of ether oxygens (including phenoxy) is 1. The van der Waals surface area contributed by atoms with Gasteiger partial charge in [0, 0.05) is 0 Å². The van der Waals surface area contributed by atoms with Crippen LogP contribution >= 0.6 is 0 Å². The summed E-state index contributed by atoms with van der Waals surface area (Å²) in [6, 6.07) is 1.49. The average Bonchev–Trinajstić information content (AvgIpc) is 2.84. The fourth-order valence-electron chi connectivity index (χ4n) is 1.64. The van der Waals surface area contributed by atoms with E-state index in [4.69, 9.17) is 14.7 Å². The molecule has 1 saturated heterocycles. The van der Waals surface area contributed by atoms with E-state index in [1.165, 1.54) is 18.5 Å². The highest BCUT2D eigenvalue weighted by Crippen LogP contribution is 2.27. The minimum atomic E-state index is -2.63. The molecule has 0 aromatic carbocycles. The van der Waals surface area contributed by atoms with Crippen molar-refractivity contribution in [2.75, 3.05) is 6.61 Å². The van der Waals surface area contributed by atoms with Crippen LogP contribution in [0.25, 0.3) is 0 Å². The van der Waals surface area contributed by atoms with E-state index in [1.807, 2.05) is 0 Å². The van der Waals surface area contributed by atoms with Crippen LogP contribution < -0.4 is 4.84 Å². The van der Waals surface area contributed by atoms with Crippen LogP contribution in [-0.2, 0) is 4.74 Å². The average molecular weight is 262 g/mol. The van der Waals surface area contributed by atoms with Crippen molar-refractivity contribution in [3.05, 3.63) is 18.5 Å². The van der Waals surface area contributed by atoms with Crippen LogP contribution in [-0.4, -0.2) is 72.5 Å². The molecular formula is C9H14N2O7. The highest BCUT2D eigenvalue weighted by atomic mass is 16.9. The van der Waals surface area contributed by atoms with Gasteiger partial charge in [0.2, 0.25) is 0 Å². The van der Waals surface area contributed by atoms with E-state index in [1.54, 1.807) is 0 Å². The Labute approximate surface area is 101 Å². The minimum absolute atomic E-state index is 0.671. The Morgan fingerprint density at radius 2 is 2.06 bits per heavy atom. The lowest BCUT2D eigenvalue weighted by Crippen LogP contribution is -2.68. The molecule has 5 N–H and O–H groups in total. The van der Waals surface area contributed by atoms with Crippen LogP contribution in [0, 0.1) is 0 Å². The van der Waals surface area contributed by atoms with E-state index in [-0.39, 0.29) is 0 Å². The molecule has 18 heavy (non-hydrogen) atoms. The fourth-order valence-corrected chi connectivity index (χ4v) is 1.64. The van der Waals surface area contributed by atoms with E-state index in [0.717, 1.165) is 4.85 Å². The van der Waals surface area contributed by atoms with Crippen LogP contribution in [0.5, 0.6) is 0 Å². The van der Waals surface area contributed by atoms with E-state index in [9.17, 15) is 20.4 Å². The third-order valence-electron chi connectivity index (χ3n) is 2.63. The van der Waals surface area contributed by atoms with Crippen LogP contribution in [0.3, 0.4) is 0 Å². The van der Waals surface area contributed by atoms with Gasteiger partial charge in [-0.3, -0.25) is 0 Å². The molecule has 1 aromatic heterocycles. The van der Waals surface area contributed by atoms with Gasteiger partial charge in [-0.25, -0.2) is 0 Å². The lowest BCUT2D eigenvalue weighted by atomic mass is 9.98. The Hall–Kier alpha value is -1.23. The van der Waals surface area contributed by atoms with Crippen LogP contribution in [0.15, 0.2) is 18.5 Å². The monoisotopic (exact) mass is 262 g/mol. The first kappa shape index (κ1) is 13.2. The minimum Gasteiger partial charge on any atom is -0.394 e. The maximum absolute atomic E-state index is 9.96. The molecule has 9 heteroatoms. The van der Waals surface area contributed by atoms with Gasteiger partial charge >= 0.3 is 5.97 Å². The number of aromatic nitrogens is 2. The molecule has 1 aliphatic heterocycles. The summed E-state index contributed by atoms with van der Waals surface area (Å²) >= 11 is 0. The van der Waals surface area contributed by atoms with Crippen molar-refractivity contribution in [2.24, 2.45) is 0 Å². The van der Waals surface area contributed by atoms with Gasteiger partial charge in [-0.1, -0.05) is 0 Å². The molecule has 0 aliphatic carbocycles. The van der Waals surface area contributed by atoms with Crippen LogP contribution in [0.4, 0.5) is 0 Å². The first-order valence-electron chi connectivity index (χ1n) is 5.22. The molecule has 2 heterocycles. The zero-order valence-electron chi connectivity index (χ0n) is 9.20. The maximum atomic E-state index is 9.96. The van der Waals surface area contributed by atoms with Crippen molar-refractivity contribution >= 4 is 0 Å². The van der Waals surface area contributed by atoms with Gasteiger partial charge in [0.25, 0.3) is 0 Å². The van der Waals surface area contributed by atoms with Crippen molar-refractivity contribution in [2.45, 2.75) is 30.4 Å². The van der Waals surface area contributed by atoms with E-state index in [2.05, 4.69) is 5.10 Å². The predicted octanol–water partition coefficient (Wildman–Crippen LogP) is -3.57. The lowest BCUT2D eigenvalue weighted by Gasteiger charge is -2.43. The predicted molar refractivity (Wildman–Crippen MR) is 53.7 cm³/mol. The summed E-state index contributed by atoms with van der Waals surface area (Å²) in [7, 11) is 0. The number of nitrogens with zero attached hydrogens (tertiary/aromatic N) is 2. The summed E-state index contributed by atoms with van der Waals surface area (Å²) in [5.74, 6) is -2.63. The normalized spacial score (nSPS) is 40.7. The molecule has 1 fully saturated rings. The van der Waals surface area contributed by atoms with Crippen molar-refractivity contribution in [3.8, 4) is 0 Å². The van der Waals surface area contributed by atoms with E-state index in [0.29, 0.717) is 0 Å². The molecule has 1 unspecified atom stereocenters. The second kappa shape index (κ2) is 4.80. The van der Waals surface area contributed by atoms with Gasteiger partial charge in [0.05, 0.1) is 19.0 Å². The zero-order chi connectivity index (χ0) is 13.3. The molecular weight excluding hydrogens is 248 g/mol. The fraction of sp³-hybridized carbons (Fsp3) is 0.667. The SMILES string of the molecule is OC[C@H]1OC(O)(On2cccn2)[C@H](O)[C@@H](O)[C@@H]1O. The van der Waals surface area contributed by atoms with Gasteiger partial charge < -0.3 is 35.1 Å². The zero-order valence-corrected chi connectivity index (χ0v) is 9.20. The van der Waals surface area contributed by atoms with Gasteiger partial charge in [-0.05, 0) is 6.07 Å². The van der Waals surface area contributed by atoms with Crippen molar-refractivity contribution < 1.29 is 35.1 Å². The summed E-state index contributed by atoms with van der Waals surface area (Å²) in [4.78, 5) is 5.66. The number of hydrogen-bond acceptors (Lipinski definition) is 8. The first-order valence-corrected chi connectivity index (χ1v) is 5.22. The third-order valence-corrected chi connectivity index (χ3v) is 2.63. The standard InChI is InChI=1S/C9H14N2O7/c12-4-5-6(13)7(14)8(15)9(16,17-5)18-11-3-1-2-10-11/h1-3,5-8,12-16H,4H2/t5-,6-,7+,8-,9?/m1/s1. The largest absolute Gasteiger partial charge is 0.394 e. The Kier molecular flexibility index (Phi) is 3.52. The summed E-state index contributed by atoms with van der Waals surface area (Å²) < 4.78 is 4.85. The molecule has 1 aromatic rings. The summed E-state index contributed by atoms with van der Waals surface area (Å²) in [5.41, 5.74) is 0. The molecule has 0 amide bonds. The second-order valence-electron chi connectivity index (χ2n) is 3.90. The van der Waals surface area contributed by atoms with Crippen molar-refractivity contribution in [1.29, 1.82) is 0 Å². The Bertz CT molecular complexity index is 384. The Balaban J connectivity index is 2.19. The van der Waals surface area contributed by atoms with Gasteiger partial charge in [0.15, 0.2) is 6.10 Å². The molecule has 0 radical (unpaired) electrons. The molecule has 0 saturated carbocycles. The summed E-state index contributed by atoms with van der Waals surface area (Å²) in [6.45, 7) is -0.671. The summed E-state index contributed by atoms with van der Waals surface area (Å²) in [6.07, 6.45) is -3.85. The molecule has 9 nitrogen and oxygen atoms in total. The van der Waals surface area contributed by atoms with Gasteiger partial charge in [0.1, 0.15) is 18.3 Å². The Morgan fingerprint density at radius 3 is 2.61 bits per heavy atom. The van der Waals surface area contributed by atoms with E-state index < -0.39 is 37.0 Å². The number of rotatable bonds is 3. The maximum Gasteiger partial charge on any atom is 0.377 e. The number of aliphatic hydroxyl groups excluding tert-OH is 4. The van der Waals surface area contributed by atoms with Crippen molar-refractivity contribution in [3.63, 3.8) is 0 Å². The quantitative estimate of drug-likeness (QED) is 0.353. The van der Waals surface area contributed by atoms with Gasteiger partial charge in [-0.2, -0.15) is 0 Å². The molecule has 0 spiro atoms. The van der Waals surface area contributed by atoms with Crippen LogP contribution in [0.1, 0.15) is 0 Å². The third kappa shape index (κ3) is 2.19. The number of aliphatic hydroxyl groups is 5. The highest BCUT2D eigenvalue weighted by Gasteiger charge is 2.55.